The number of thioether (sulfide) groups is 2. The molecule has 3 rings (SSSR count). The number of methoxy groups -OCH3 is 4. The Labute approximate surface area is 228 Å². The minimum atomic E-state index is -0.944. The number of hydrogen-bond donors (Lipinski definition) is 0. The number of amides is 1. The van der Waals surface area contributed by atoms with Crippen molar-refractivity contribution in [1.82, 2.24) is 4.90 Å². The quantitative estimate of drug-likeness (QED) is 0.282. The first kappa shape index (κ1) is 30.0. The van der Waals surface area contributed by atoms with E-state index in [1.165, 1.54) is 7.11 Å². The number of carbonyl (C=O) groups is 2. The van der Waals surface area contributed by atoms with Crippen LogP contribution < -0.4 is 18.9 Å². The SMILES string of the molecule is COc1ccc(CCN(C(=O)C(C=O)c2ccc(OC)c(OC)c2)C2(C)SCCCS2)cc1OC.Cl. The number of hydrogen-bond acceptors (Lipinski definition) is 8. The van der Waals surface area contributed by atoms with Crippen LogP contribution in [-0.2, 0) is 16.0 Å². The van der Waals surface area contributed by atoms with Gasteiger partial charge < -0.3 is 28.6 Å². The lowest BCUT2D eigenvalue weighted by atomic mass is 9.98. The van der Waals surface area contributed by atoms with Crippen LogP contribution in [0.1, 0.15) is 30.4 Å². The molecule has 1 unspecified atom stereocenters. The van der Waals surface area contributed by atoms with E-state index >= 15 is 0 Å². The van der Waals surface area contributed by atoms with Gasteiger partial charge >= 0.3 is 0 Å². The van der Waals surface area contributed by atoms with Gasteiger partial charge in [0, 0.05) is 6.54 Å². The van der Waals surface area contributed by atoms with Gasteiger partial charge in [0.15, 0.2) is 23.0 Å². The highest BCUT2D eigenvalue weighted by Crippen LogP contribution is 2.45. The highest BCUT2D eigenvalue weighted by Gasteiger charge is 2.41. The first-order chi connectivity index (χ1) is 16.9. The van der Waals surface area contributed by atoms with Gasteiger partial charge in [0.2, 0.25) is 5.91 Å². The molecule has 0 bridgehead atoms. The summed E-state index contributed by atoms with van der Waals surface area (Å²) in [6, 6.07) is 10.9. The summed E-state index contributed by atoms with van der Waals surface area (Å²) in [5.41, 5.74) is 1.59. The summed E-state index contributed by atoms with van der Waals surface area (Å²) in [7, 11) is 6.29. The van der Waals surface area contributed by atoms with Crippen molar-refractivity contribution in [3.8, 4) is 23.0 Å². The molecule has 36 heavy (non-hydrogen) atoms. The fourth-order valence-corrected chi connectivity index (χ4v) is 7.09. The molecule has 0 N–H and O–H groups in total. The molecule has 0 radical (unpaired) electrons. The average molecular weight is 556 g/mol. The van der Waals surface area contributed by atoms with E-state index in [2.05, 4.69) is 6.92 Å². The largest absolute Gasteiger partial charge is 0.493 e. The van der Waals surface area contributed by atoms with E-state index in [-0.39, 0.29) is 18.3 Å². The van der Waals surface area contributed by atoms with Gasteiger partial charge in [-0.2, -0.15) is 0 Å². The van der Waals surface area contributed by atoms with Crippen LogP contribution >= 0.6 is 35.9 Å². The number of aldehydes is 1. The molecule has 0 aromatic heterocycles. The van der Waals surface area contributed by atoms with Crippen molar-refractivity contribution >= 4 is 48.1 Å². The fraction of sp³-hybridized carbons (Fsp3) is 0.462. The van der Waals surface area contributed by atoms with E-state index in [1.807, 2.05) is 23.1 Å². The first-order valence-corrected chi connectivity index (χ1v) is 13.3. The van der Waals surface area contributed by atoms with E-state index in [0.717, 1.165) is 23.5 Å². The topological polar surface area (TPSA) is 74.3 Å². The predicted molar refractivity (Wildman–Crippen MR) is 148 cm³/mol. The average Bonchev–Trinajstić information content (AvgIpc) is 2.89. The Kier molecular flexibility index (Phi) is 11.6. The summed E-state index contributed by atoms with van der Waals surface area (Å²) in [4.78, 5) is 28.0. The Morgan fingerprint density at radius 3 is 2.06 bits per heavy atom. The van der Waals surface area contributed by atoms with Gasteiger partial charge in [0.25, 0.3) is 0 Å². The molecule has 1 amide bonds. The molecule has 1 atom stereocenters. The van der Waals surface area contributed by atoms with Gasteiger partial charge in [-0.1, -0.05) is 12.1 Å². The monoisotopic (exact) mass is 555 g/mol. The Bertz CT molecular complexity index is 1030. The number of nitrogens with zero attached hydrogens (tertiary/aromatic N) is 1. The summed E-state index contributed by atoms with van der Waals surface area (Å²) in [6.45, 7) is 2.53. The smallest absolute Gasteiger partial charge is 0.239 e. The zero-order valence-electron chi connectivity index (χ0n) is 21.3. The number of carbonyl (C=O) groups excluding carboxylic acids is 2. The number of ether oxygens (including phenoxy) is 4. The second-order valence-corrected chi connectivity index (χ2v) is 11.3. The molecule has 2 aromatic carbocycles. The van der Waals surface area contributed by atoms with Gasteiger partial charge in [-0.3, -0.25) is 4.79 Å². The van der Waals surface area contributed by atoms with E-state index in [4.69, 9.17) is 18.9 Å². The standard InChI is InChI=1S/C26H33NO6S2.ClH/c1-26(34-13-6-14-35-26)27(12-11-18-7-9-21(30-2)23(15-18)32-4)25(29)20(17-28)19-8-10-22(31-3)24(16-19)33-5;/h7-10,15-17,20H,6,11-14H2,1-5H3;1H. The summed E-state index contributed by atoms with van der Waals surface area (Å²) in [5.74, 6) is 3.09. The van der Waals surface area contributed by atoms with Crippen LogP contribution in [0.5, 0.6) is 23.0 Å². The Morgan fingerprint density at radius 1 is 0.944 bits per heavy atom. The lowest BCUT2D eigenvalue weighted by Gasteiger charge is -2.43. The van der Waals surface area contributed by atoms with Crippen LogP contribution in [-0.4, -0.2) is 67.8 Å². The zero-order valence-corrected chi connectivity index (χ0v) is 23.7. The molecule has 0 spiro atoms. The van der Waals surface area contributed by atoms with Crippen LogP contribution in [0.25, 0.3) is 0 Å². The second kappa shape index (κ2) is 13.9. The third kappa shape index (κ3) is 6.75. The van der Waals surface area contributed by atoms with Crippen LogP contribution in [0.2, 0.25) is 0 Å². The van der Waals surface area contributed by atoms with E-state index in [1.54, 1.807) is 63.1 Å². The van der Waals surface area contributed by atoms with Gasteiger partial charge in [-0.15, -0.1) is 35.9 Å². The maximum absolute atomic E-state index is 13.9. The first-order valence-electron chi connectivity index (χ1n) is 11.4. The maximum Gasteiger partial charge on any atom is 0.239 e. The van der Waals surface area contributed by atoms with Gasteiger partial charge in [-0.25, -0.2) is 0 Å². The Hall–Kier alpha value is -2.23. The summed E-state index contributed by atoms with van der Waals surface area (Å²) >= 11 is 3.50. The normalized spacial score (nSPS) is 15.1. The van der Waals surface area contributed by atoms with Crippen molar-refractivity contribution in [2.24, 2.45) is 0 Å². The van der Waals surface area contributed by atoms with Gasteiger partial charge in [-0.05, 0) is 66.7 Å². The van der Waals surface area contributed by atoms with E-state index in [9.17, 15) is 9.59 Å². The molecule has 1 heterocycles. The van der Waals surface area contributed by atoms with E-state index < -0.39 is 10.1 Å². The highest BCUT2D eigenvalue weighted by atomic mass is 35.5. The predicted octanol–water partition coefficient (Wildman–Crippen LogP) is 5.04. The Balaban J connectivity index is 0.00000456. The third-order valence-corrected chi connectivity index (χ3v) is 9.23. The third-order valence-electron chi connectivity index (χ3n) is 6.03. The molecular weight excluding hydrogens is 522 g/mol. The molecule has 1 fully saturated rings. The summed E-state index contributed by atoms with van der Waals surface area (Å²) in [6.07, 6.45) is 2.42. The van der Waals surface area contributed by atoms with Crippen molar-refractivity contribution in [3.63, 3.8) is 0 Å². The van der Waals surface area contributed by atoms with Crippen LogP contribution in [0.4, 0.5) is 0 Å². The molecule has 1 aliphatic rings. The zero-order chi connectivity index (χ0) is 25.4. The van der Waals surface area contributed by atoms with Crippen LogP contribution in [0, 0.1) is 0 Å². The summed E-state index contributed by atoms with van der Waals surface area (Å²) in [5, 5.41) is 0. The van der Waals surface area contributed by atoms with Gasteiger partial charge in [0.1, 0.15) is 16.4 Å². The highest BCUT2D eigenvalue weighted by molar-refractivity contribution is 8.18. The van der Waals surface area contributed by atoms with Crippen molar-refractivity contribution in [1.29, 1.82) is 0 Å². The molecule has 10 heteroatoms. The molecule has 198 valence electrons. The van der Waals surface area contributed by atoms with Crippen molar-refractivity contribution in [2.45, 2.75) is 29.9 Å². The molecular formula is C26H34ClNO6S2. The van der Waals surface area contributed by atoms with E-state index in [0.29, 0.717) is 47.8 Å². The van der Waals surface area contributed by atoms with Crippen molar-refractivity contribution < 1.29 is 28.5 Å². The van der Waals surface area contributed by atoms with Crippen molar-refractivity contribution in [2.75, 3.05) is 46.5 Å². The molecule has 1 aliphatic heterocycles. The number of rotatable bonds is 11. The lowest BCUT2D eigenvalue weighted by molar-refractivity contribution is -0.135. The summed E-state index contributed by atoms with van der Waals surface area (Å²) < 4.78 is 21.0. The molecule has 7 nitrogen and oxygen atoms in total. The number of benzene rings is 2. The fourth-order valence-electron chi connectivity index (χ4n) is 4.06. The van der Waals surface area contributed by atoms with Crippen molar-refractivity contribution in [3.05, 3.63) is 47.5 Å². The van der Waals surface area contributed by atoms with Crippen LogP contribution in [0.15, 0.2) is 36.4 Å². The second-order valence-electron chi connectivity index (χ2n) is 8.11. The number of halogens is 1. The minimum absolute atomic E-state index is 0. The van der Waals surface area contributed by atoms with Crippen LogP contribution in [0.3, 0.4) is 0 Å². The van der Waals surface area contributed by atoms with Gasteiger partial charge in [0.05, 0.1) is 28.4 Å². The minimum Gasteiger partial charge on any atom is -0.493 e. The molecule has 0 aliphatic carbocycles. The molecule has 2 aromatic rings. The molecule has 0 saturated carbocycles. The molecule has 1 saturated heterocycles. The Morgan fingerprint density at radius 2 is 1.50 bits per heavy atom. The lowest BCUT2D eigenvalue weighted by Crippen LogP contribution is -2.50. The maximum atomic E-state index is 13.9.